The summed E-state index contributed by atoms with van der Waals surface area (Å²) < 4.78 is 23.1. The number of amides is 1. The monoisotopic (exact) mass is 375 g/mol. The molecule has 0 aliphatic carbocycles. The SMILES string of the molecule is CN(C)c1ccc(NC(=O)c2cc(NC3CCS(=O)(=O)C3)ncn2)cc1. The predicted molar refractivity (Wildman–Crippen MR) is 101 cm³/mol. The van der Waals surface area contributed by atoms with Gasteiger partial charge in [-0.2, -0.15) is 0 Å². The zero-order valence-corrected chi connectivity index (χ0v) is 15.5. The van der Waals surface area contributed by atoms with Crippen LogP contribution in [0.3, 0.4) is 0 Å². The lowest BCUT2D eigenvalue weighted by molar-refractivity contribution is 0.102. The van der Waals surface area contributed by atoms with Crippen molar-refractivity contribution in [3.05, 3.63) is 42.4 Å². The van der Waals surface area contributed by atoms with E-state index in [2.05, 4.69) is 20.6 Å². The van der Waals surface area contributed by atoms with E-state index in [0.29, 0.717) is 17.9 Å². The lowest BCUT2D eigenvalue weighted by Gasteiger charge is -2.13. The molecule has 1 aromatic heterocycles. The summed E-state index contributed by atoms with van der Waals surface area (Å²) in [4.78, 5) is 22.4. The molecule has 1 unspecified atom stereocenters. The number of anilines is 3. The molecule has 3 rings (SSSR count). The minimum atomic E-state index is -2.98. The Hall–Kier alpha value is -2.68. The van der Waals surface area contributed by atoms with Crippen LogP contribution in [0.15, 0.2) is 36.7 Å². The number of nitrogens with zero attached hydrogens (tertiary/aromatic N) is 3. The molecule has 8 nitrogen and oxygen atoms in total. The van der Waals surface area contributed by atoms with Crippen LogP contribution in [-0.2, 0) is 9.84 Å². The van der Waals surface area contributed by atoms with Gasteiger partial charge in [-0.25, -0.2) is 18.4 Å². The van der Waals surface area contributed by atoms with Gasteiger partial charge in [-0.3, -0.25) is 4.79 Å². The predicted octanol–water partition coefficient (Wildman–Crippen LogP) is 1.39. The third-order valence-electron chi connectivity index (χ3n) is 4.13. The number of carbonyl (C=O) groups is 1. The molecular formula is C17H21N5O3S. The highest BCUT2D eigenvalue weighted by atomic mass is 32.2. The van der Waals surface area contributed by atoms with Crippen LogP contribution in [0, 0.1) is 0 Å². The van der Waals surface area contributed by atoms with Crippen molar-refractivity contribution in [3.63, 3.8) is 0 Å². The lowest BCUT2D eigenvalue weighted by atomic mass is 10.2. The number of hydrogen-bond acceptors (Lipinski definition) is 7. The zero-order chi connectivity index (χ0) is 18.7. The first-order chi connectivity index (χ1) is 12.3. The van der Waals surface area contributed by atoms with Gasteiger partial charge in [0.05, 0.1) is 11.5 Å². The molecule has 0 bridgehead atoms. The molecule has 1 aliphatic heterocycles. The number of sulfone groups is 1. The van der Waals surface area contributed by atoms with Gasteiger partial charge in [-0.1, -0.05) is 0 Å². The summed E-state index contributed by atoms with van der Waals surface area (Å²) in [7, 11) is 0.905. The summed E-state index contributed by atoms with van der Waals surface area (Å²) in [6.45, 7) is 0. The molecule has 9 heteroatoms. The molecule has 1 aliphatic rings. The largest absolute Gasteiger partial charge is 0.378 e. The van der Waals surface area contributed by atoms with Crippen molar-refractivity contribution in [1.82, 2.24) is 9.97 Å². The highest BCUT2D eigenvalue weighted by molar-refractivity contribution is 7.91. The van der Waals surface area contributed by atoms with Crippen molar-refractivity contribution in [2.45, 2.75) is 12.5 Å². The molecule has 2 aromatic rings. The Morgan fingerprint density at radius 3 is 2.54 bits per heavy atom. The second kappa shape index (κ2) is 7.28. The van der Waals surface area contributed by atoms with E-state index in [1.165, 1.54) is 12.4 Å². The minimum Gasteiger partial charge on any atom is -0.378 e. The van der Waals surface area contributed by atoms with Crippen molar-refractivity contribution in [3.8, 4) is 0 Å². The maximum absolute atomic E-state index is 12.4. The van der Waals surface area contributed by atoms with Gasteiger partial charge in [0.1, 0.15) is 17.8 Å². The van der Waals surface area contributed by atoms with E-state index in [1.54, 1.807) is 0 Å². The van der Waals surface area contributed by atoms with Gasteiger partial charge in [-0.05, 0) is 30.7 Å². The minimum absolute atomic E-state index is 0.0801. The Morgan fingerprint density at radius 2 is 1.92 bits per heavy atom. The number of rotatable bonds is 5. The maximum Gasteiger partial charge on any atom is 0.274 e. The molecule has 138 valence electrons. The van der Waals surface area contributed by atoms with Crippen molar-refractivity contribution in [2.24, 2.45) is 0 Å². The van der Waals surface area contributed by atoms with E-state index in [4.69, 9.17) is 0 Å². The van der Waals surface area contributed by atoms with E-state index >= 15 is 0 Å². The molecule has 1 atom stereocenters. The van der Waals surface area contributed by atoms with Gasteiger partial charge < -0.3 is 15.5 Å². The van der Waals surface area contributed by atoms with Crippen molar-refractivity contribution in [1.29, 1.82) is 0 Å². The molecule has 0 saturated carbocycles. The van der Waals surface area contributed by atoms with Crippen LogP contribution >= 0.6 is 0 Å². The molecule has 0 radical (unpaired) electrons. The molecule has 1 fully saturated rings. The van der Waals surface area contributed by atoms with E-state index in [-0.39, 0.29) is 29.1 Å². The average molecular weight is 375 g/mol. The summed E-state index contributed by atoms with van der Waals surface area (Å²) in [6.07, 6.45) is 1.82. The van der Waals surface area contributed by atoms with Gasteiger partial charge in [0, 0.05) is 37.6 Å². The molecular weight excluding hydrogens is 354 g/mol. The van der Waals surface area contributed by atoms with Gasteiger partial charge in [0.25, 0.3) is 5.91 Å². The highest BCUT2D eigenvalue weighted by Gasteiger charge is 2.28. The van der Waals surface area contributed by atoms with Crippen LogP contribution < -0.4 is 15.5 Å². The van der Waals surface area contributed by atoms with E-state index in [0.717, 1.165) is 5.69 Å². The van der Waals surface area contributed by atoms with Crippen molar-refractivity contribution < 1.29 is 13.2 Å². The summed E-state index contributed by atoms with van der Waals surface area (Å²) in [5.74, 6) is 0.338. The third kappa shape index (κ3) is 4.48. The molecule has 0 spiro atoms. The second-order valence-corrected chi connectivity index (χ2v) is 8.66. The van der Waals surface area contributed by atoms with Crippen LogP contribution in [0.5, 0.6) is 0 Å². The summed E-state index contributed by atoms with van der Waals surface area (Å²) >= 11 is 0. The number of aromatic nitrogens is 2. The molecule has 1 amide bonds. The van der Waals surface area contributed by atoms with Crippen LogP contribution in [0.2, 0.25) is 0 Å². The van der Waals surface area contributed by atoms with E-state index in [1.807, 2.05) is 43.3 Å². The topological polar surface area (TPSA) is 104 Å². The molecule has 2 heterocycles. The Kier molecular flexibility index (Phi) is 5.08. The number of hydrogen-bond donors (Lipinski definition) is 2. The van der Waals surface area contributed by atoms with Crippen molar-refractivity contribution >= 4 is 32.9 Å². The molecule has 2 N–H and O–H groups in total. The van der Waals surface area contributed by atoms with Gasteiger partial charge in [0.15, 0.2) is 9.84 Å². The smallest absolute Gasteiger partial charge is 0.274 e. The summed E-state index contributed by atoms with van der Waals surface area (Å²) in [5, 5.41) is 5.85. The molecule has 26 heavy (non-hydrogen) atoms. The van der Waals surface area contributed by atoms with Crippen molar-refractivity contribution in [2.75, 3.05) is 41.1 Å². The quantitative estimate of drug-likeness (QED) is 0.814. The standard InChI is InChI=1S/C17H21N5O3S/c1-22(2)14-5-3-12(4-6-14)21-17(23)15-9-16(19-11-18-15)20-13-7-8-26(24,25)10-13/h3-6,9,11,13H,7-8,10H2,1-2H3,(H,21,23)(H,18,19,20). The highest BCUT2D eigenvalue weighted by Crippen LogP contribution is 2.18. The van der Waals surface area contributed by atoms with E-state index < -0.39 is 9.84 Å². The summed E-state index contributed by atoms with van der Waals surface area (Å²) in [6, 6.07) is 8.78. The number of nitrogens with one attached hydrogen (secondary N) is 2. The van der Waals surface area contributed by atoms with Gasteiger partial charge >= 0.3 is 0 Å². The first-order valence-electron chi connectivity index (χ1n) is 8.20. The van der Waals surface area contributed by atoms with E-state index in [9.17, 15) is 13.2 Å². The lowest BCUT2D eigenvalue weighted by Crippen LogP contribution is -2.22. The fourth-order valence-corrected chi connectivity index (χ4v) is 4.39. The Bertz CT molecular complexity index is 897. The van der Waals surface area contributed by atoms with Gasteiger partial charge in [0.2, 0.25) is 0 Å². The van der Waals surface area contributed by atoms with Crippen LogP contribution in [-0.4, -0.2) is 55.9 Å². The van der Waals surface area contributed by atoms with Crippen LogP contribution in [0.1, 0.15) is 16.9 Å². The molecule has 1 aromatic carbocycles. The Balaban J connectivity index is 1.66. The van der Waals surface area contributed by atoms with Crippen LogP contribution in [0.4, 0.5) is 17.2 Å². The zero-order valence-electron chi connectivity index (χ0n) is 14.6. The first kappa shape index (κ1) is 18.1. The second-order valence-electron chi connectivity index (χ2n) is 6.43. The Morgan fingerprint density at radius 1 is 1.19 bits per heavy atom. The average Bonchev–Trinajstić information content (AvgIpc) is 2.94. The third-order valence-corrected chi connectivity index (χ3v) is 5.89. The maximum atomic E-state index is 12.4. The summed E-state index contributed by atoms with van der Waals surface area (Å²) in [5.41, 5.74) is 1.90. The fourth-order valence-electron chi connectivity index (χ4n) is 2.72. The molecule has 1 saturated heterocycles. The fraction of sp³-hybridized carbons (Fsp3) is 0.353. The van der Waals surface area contributed by atoms with Crippen LogP contribution in [0.25, 0.3) is 0 Å². The van der Waals surface area contributed by atoms with Gasteiger partial charge in [-0.15, -0.1) is 0 Å². The number of carbonyl (C=O) groups excluding carboxylic acids is 1. The Labute approximate surface area is 152 Å². The first-order valence-corrected chi connectivity index (χ1v) is 10.0. The number of benzene rings is 1. The normalized spacial score (nSPS) is 18.3.